The molecule has 8 nitrogen and oxygen atoms in total. The van der Waals surface area contributed by atoms with Crippen molar-refractivity contribution < 1.29 is 9.90 Å². The van der Waals surface area contributed by atoms with Crippen LogP contribution in [0.4, 0.5) is 4.79 Å². The van der Waals surface area contributed by atoms with Gasteiger partial charge in [-0.25, -0.2) is 9.48 Å². The number of carbonyl (C=O) groups excluding carboxylic acids is 1. The van der Waals surface area contributed by atoms with Crippen molar-refractivity contribution in [3.05, 3.63) is 47.8 Å². The molecule has 1 spiro atoms. The van der Waals surface area contributed by atoms with Gasteiger partial charge in [0.1, 0.15) is 5.69 Å². The molecule has 1 aromatic heterocycles. The Morgan fingerprint density at radius 2 is 1.85 bits per heavy atom. The number of amides is 2. The van der Waals surface area contributed by atoms with Crippen LogP contribution in [0.2, 0.25) is 0 Å². The lowest BCUT2D eigenvalue weighted by Crippen LogP contribution is -2.56. The van der Waals surface area contributed by atoms with Crippen molar-refractivity contribution in [3.8, 4) is 0 Å². The molecular formula is C26H38N6O2. The molecule has 3 fully saturated rings. The number of urea groups is 1. The molecule has 2 saturated carbocycles. The van der Waals surface area contributed by atoms with Crippen LogP contribution in [0.3, 0.4) is 0 Å². The van der Waals surface area contributed by atoms with Crippen LogP contribution in [-0.4, -0.2) is 80.2 Å². The summed E-state index contributed by atoms with van der Waals surface area (Å²) < 4.78 is 1.64. The van der Waals surface area contributed by atoms with Gasteiger partial charge in [-0.15, -0.1) is 5.10 Å². The van der Waals surface area contributed by atoms with E-state index in [2.05, 4.69) is 64.5 Å². The number of aliphatic hydroxyl groups excluding tert-OH is 1. The fourth-order valence-electron chi connectivity index (χ4n) is 6.33. The normalized spacial score (nSPS) is 27.7. The summed E-state index contributed by atoms with van der Waals surface area (Å²) in [4.78, 5) is 20.3. The van der Waals surface area contributed by atoms with Crippen molar-refractivity contribution in [2.45, 2.75) is 69.1 Å². The second-order valence-corrected chi connectivity index (χ2v) is 10.8. The van der Waals surface area contributed by atoms with Crippen LogP contribution in [0.1, 0.15) is 56.2 Å². The van der Waals surface area contributed by atoms with Crippen LogP contribution < -0.4 is 0 Å². The van der Waals surface area contributed by atoms with E-state index in [1.807, 2.05) is 11.1 Å². The highest BCUT2D eigenvalue weighted by Crippen LogP contribution is 2.49. The first kappa shape index (κ1) is 23.3. The van der Waals surface area contributed by atoms with E-state index in [4.69, 9.17) is 5.11 Å². The molecule has 2 aromatic rings. The monoisotopic (exact) mass is 466 g/mol. The maximum absolute atomic E-state index is 13.7. The Labute approximate surface area is 202 Å². The van der Waals surface area contributed by atoms with Gasteiger partial charge in [-0.1, -0.05) is 42.0 Å². The largest absolute Gasteiger partial charge is 0.394 e. The maximum Gasteiger partial charge on any atom is 0.320 e. The molecule has 34 heavy (non-hydrogen) atoms. The zero-order valence-electron chi connectivity index (χ0n) is 20.6. The van der Waals surface area contributed by atoms with Crippen molar-refractivity contribution in [3.63, 3.8) is 0 Å². The molecule has 1 N–H and O–H groups in total. The number of hydrogen-bond donors (Lipinski definition) is 1. The summed E-state index contributed by atoms with van der Waals surface area (Å²) in [5.74, 6) is 0.640. The van der Waals surface area contributed by atoms with E-state index in [0.717, 1.165) is 44.5 Å². The van der Waals surface area contributed by atoms with Crippen LogP contribution in [0.25, 0.3) is 0 Å². The molecule has 3 aliphatic rings. The molecule has 5 rings (SSSR count). The summed E-state index contributed by atoms with van der Waals surface area (Å²) >= 11 is 0. The molecule has 2 amide bonds. The lowest BCUT2D eigenvalue weighted by molar-refractivity contribution is 0.0159. The van der Waals surface area contributed by atoms with Crippen LogP contribution in [0, 0.1) is 5.92 Å². The Morgan fingerprint density at radius 3 is 2.47 bits per heavy atom. The average molecular weight is 467 g/mol. The van der Waals surface area contributed by atoms with Crippen molar-refractivity contribution in [2.24, 2.45) is 5.92 Å². The Morgan fingerprint density at radius 1 is 1.12 bits per heavy atom. The average Bonchev–Trinajstić information content (AvgIpc) is 3.35. The van der Waals surface area contributed by atoms with Gasteiger partial charge in [-0.2, -0.15) is 0 Å². The molecule has 1 aliphatic heterocycles. The van der Waals surface area contributed by atoms with Crippen LogP contribution >= 0.6 is 0 Å². The number of nitrogens with zero attached hydrogens (tertiary/aromatic N) is 6. The molecule has 0 atom stereocenters. The molecule has 184 valence electrons. The highest BCUT2D eigenvalue weighted by atomic mass is 16.3. The Kier molecular flexibility index (Phi) is 6.37. The molecule has 2 aliphatic carbocycles. The maximum atomic E-state index is 13.7. The van der Waals surface area contributed by atoms with E-state index in [0.29, 0.717) is 19.0 Å². The topological polar surface area (TPSA) is 77.7 Å². The van der Waals surface area contributed by atoms with Gasteiger partial charge in [0.2, 0.25) is 0 Å². The second-order valence-electron chi connectivity index (χ2n) is 10.8. The van der Waals surface area contributed by atoms with Gasteiger partial charge in [0, 0.05) is 18.6 Å². The quantitative estimate of drug-likeness (QED) is 0.647. The minimum atomic E-state index is -0.109. The zero-order chi connectivity index (χ0) is 23.8. The smallest absolute Gasteiger partial charge is 0.320 e. The lowest BCUT2D eigenvalue weighted by atomic mass is 9.68. The van der Waals surface area contributed by atoms with Gasteiger partial charge >= 0.3 is 6.03 Å². The van der Waals surface area contributed by atoms with Crippen LogP contribution in [0.5, 0.6) is 0 Å². The van der Waals surface area contributed by atoms with Crippen molar-refractivity contribution >= 4 is 6.03 Å². The molecule has 1 aromatic carbocycles. The Balaban J connectivity index is 1.37. The van der Waals surface area contributed by atoms with Crippen molar-refractivity contribution in [2.75, 3.05) is 33.8 Å². The predicted molar refractivity (Wildman–Crippen MR) is 130 cm³/mol. The van der Waals surface area contributed by atoms with Gasteiger partial charge in [-0.3, -0.25) is 4.90 Å². The van der Waals surface area contributed by atoms with E-state index in [9.17, 15) is 4.79 Å². The number of aromatic nitrogens is 3. The number of hydrogen-bond acceptors (Lipinski definition) is 5. The van der Waals surface area contributed by atoms with E-state index < -0.39 is 0 Å². The number of benzene rings is 1. The van der Waals surface area contributed by atoms with Gasteiger partial charge in [0.25, 0.3) is 0 Å². The van der Waals surface area contributed by atoms with Crippen LogP contribution in [0.15, 0.2) is 36.5 Å². The predicted octanol–water partition coefficient (Wildman–Crippen LogP) is 3.08. The van der Waals surface area contributed by atoms with E-state index >= 15 is 0 Å². The van der Waals surface area contributed by atoms with E-state index in [1.54, 1.807) is 4.68 Å². The third-order valence-corrected chi connectivity index (χ3v) is 8.67. The molecule has 1 saturated heterocycles. The molecular weight excluding hydrogens is 428 g/mol. The third kappa shape index (κ3) is 4.11. The molecule has 0 bridgehead atoms. The molecule has 0 radical (unpaired) electrons. The summed E-state index contributed by atoms with van der Waals surface area (Å²) in [7, 11) is 4.39. The number of carbonyl (C=O) groups is 1. The summed E-state index contributed by atoms with van der Waals surface area (Å²) in [6.45, 7) is 2.56. The van der Waals surface area contributed by atoms with Crippen LogP contribution in [-0.2, 0) is 18.6 Å². The summed E-state index contributed by atoms with van der Waals surface area (Å²) in [6.07, 6.45) is 9.70. The van der Waals surface area contributed by atoms with Gasteiger partial charge in [0.15, 0.2) is 0 Å². The third-order valence-electron chi connectivity index (χ3n) is 8.67. The highest BCUT2D eigenvalue weighted by molar-refractivity contribution is 5.78. The first-order valence-corrected chi connectivity index (χ1v) is 12.8. The summed E-state index contributed by atoms with van der Waals surface area (Å²) in [6, 6.07) is 11.0. The fourth-order valence-corrected chi connectivity index (χ4v) is 6.33. The number of aliphatic hydroxyl groups is 1. The Bertz CT molecular complexity index is 978. The highest BCUT2D eigenvalue weighted by Gasteiger charge is 2.54. The standard InChI is InChI=1S/C26H38N6O2/c1-29(2)26(22-9-4-3-5-10-22)13-11-25(12-14-26)20-30(18-23-19-31(15-16-33)28-27-23)24(34)32(25)17-21-7-6-8-21/h3-5,9-10,19,21,33H,6-8,11-18,20H2,1-2H3. The van der Waals surface area contributed by atoms with E-state index in [1.165, 1.54) is 24.8 Å². The van der Waals surface area contributed by atoms with Gasteiger partial charge < -0.3 is 14.9 Å². The first-order valence-electron chi connectivity index (χ1n) is 12.8. The Hall–Kier alpha value is -2.45. The van der Waals surface area contributed by atoms with E-state index in [-0.39, 0.29) is 23.7 Å². The number of rotatable bonds is 8. The fraction of sp³-hybridized carbons (Fsp3) is 0.654. The lowest BCUT2D eigenvalue weighted by Gasteiger charge is -2.51. The minimum absolute atomic E-state index is 0.0120. The van der Waals surface area contributed by atoms with Crippen molar-refractivity contribution in [1.82, 2.24) is 29.7 Å². The van der Waals surface area contributed by atoms with Gasteiger partial charge in [0.05, 0.1) is 31.4 Å². The summed E-state index contributed by atoms with van der Waals surface area (Å²) in [5.41, 5.74) is 2.06. The van der Waals surface area contributed by atoms with Gasteiger partial charge in [-0.05, 0) is 64.1 Å². The van der Waals surface area contributed by atoms with Crippen molar-refractivity contribution in [1.29, 1.82) is 0 Å². The zero-order valence-corrected chi connectivity index (χ0v) is 20.6. The molecule has 2 heterocycles. The molecule has 8 heteroatoms. The summed E-state index contributed by atoms with van der Waals surface area (Å²) in [5, 5.41) is 17.5. The SMILES string of the molecule is CN(C)C1(c2ccccc2)CCC2(CC1)CN(Cc1cn(CCO)nn1)C(=O)N2CC1CCC1. The molecule has 0 unspecified atom stereocenters. The first-order chi connectivity index (χ1) is 16.5. The minimum Gasteiger partial charge on any atom is -0.394 e. The second kappa shape index (κ2) is 9.30.